The molecule has 1 unspecified atom stereocenters. The maximum Gasteiger partial charge on any atom is 0.352 e. The SMILES string of the molecule is CO[C@@]1(NC(=O)C(c2ccc(O)cc2)N(C(N)=O)c2cnc(Nc3ccc(S(N)(=O)=O)cc3)[nH]c2=O)C(=O)N2C(C(=O)O)=C(CSc3nnnn3C)CS[C@H]21. The molecule has 0 spiro atoms. The summed E-state index contributed by atoms with van der Waals surface area (Å²) in [5.74, 6) is -3.50. The number of carbonyl (C=O) groups is 4. The van der Waals surface area contributed by atoms with Gasteiger partial charge in [0.1, 0.15) is 28.5 Å². The monoisotopic (exact) mass is 814 g/mol. The lowest BCUT2D eigenvalue weighted by molar-refractivity contribution is -0.192. The van der Waals surface area contributed by atoms with E-state index >= 15 is 0 Å². The maximum atomic E-state index is 14.4. The zero-order chi connectivity index (χ0) is 39.8. The Kier molecular flexibility index (Phi) is 10.6. The standard InChI is InChI=1S/C30H30N12O10S3/c1-40-29(37-38-39-40)54-13-15-12-53-26-30(52-2,25(48)42(26)21(15)24(46)47)36-23(45)20(14-3-7-17(43)8-4-14)41(27(31)49)19-11-33-28(35-22(19)44)34-16-5-9-18(10-6-16)55(32,50)51/h3-11,20,26,43H,12-13H2,1-2H3,(H2,31,49)(H,36,45)(H,46,47)(H2,32,50,51)(H2,33,34,35,44)/t20?,26-,30-/m0/s1. The molecule has 9 N–H and O–H groups in total. The summed E-state index contributed by atoms with van der Waals surface area (Å²) in [6.07, 6.45) is 0.950. The summed E-state index contributed by atoms with van der Waals surface area (Å²) in [6.45, 7) is 0. The van der Waals surface area contributed by atoms with E-state index < -0.39 is 62.2 Å². The van der Waals surface area contributed by atoms with Crippen LogP contribution in [-0.4, -0.2) is 107 Å². The number of benzene rings is 2. The van der Waals surface area contributed by atoms with Crippen LogP contribution in [0.2, 0.25) is 0 Å². The van der Waals surface area contributed by atoms with Crippen LogP contribution in [-0.2, 0) is 36.2 Å². The number of ether oxygens (including phenoxy) is 1. The number of tetrazole rings is 1. The molecule has 4 aromatic rings. The number of H-pyrrole nitrogens is 1. The number of sulfonamides is 1. The van der Waals surface area contributed by atoms with Gasteiger partial charge in [-0.25, -0.2) is 32.8 Å². The molecule has 55 heavy (non-hydrogen) atoms. The van der Waals surface area contributed by atoms with Gasteiger partial charge in [-0.05, 0) is 58.0 Å². The summed E-state index contributed by atoms with van der Waals surface area (Å²) in [6, 6.07) is 7.08. The van der Waals surface area contributed by atoms with E-state index in [9.17, 15) is 42.6 Å². The first-order valence-electron chi connectivity index (χ1n) is 15.6. The number of aromatic hydroxyl groups is 1. The maximum absolute atomic E-state index is 14.4. The van der Waals surface area contributed by atoms with Gasteiger partial charge in [-0.15, -0.1) is 16.9 Å². The van der Waals surface area contributed by atoms with Gasteiger partial charge in [-0.3, -0.25) is 29.2 Å². The van der Waals surface area contributed by atoms with Crippen molar-refractivity contribution < 1.29 is 42.5 Å². The second-order valence-corrected chi connectivity index (χ2v) is 15.3. The number of carboxylic acid groups (broad SMARTS) is 1. The number of urea groups is 1. The number of fused-ring (bicyclic) bond motifs is 1. The highest BCUT2D eigenvalue weighted by Gasteiger charge is 2.67. The average Bonchev–Trinajstić information content (AvgIpc) is 3.55. The fourth-order valence-electron chi connectivity index (χ4n) is 5.75. The van der Waals surface area contributed by atoms with Gasteiger partial charge in [-0.1, -0.05) is 23.9 Å². The van der Waals surface area contributed by atoms with E-state index in [2.05, 4.69) is 36.1 Å². The van der Waals surface area contributed by atoms with E-state index in [1.54, 1.807) is 7.05 Å². The number of carboxylic acids is 1. The lowest BCUT2D eigenvalue weighted by Crippen LogP contribution is -2.81. The first-order chi connectivity index (χ1) is 26.0. The van der Waals surface area contributed by atoms with Crippen molar-refractivity contribution in [2.75, 3.05) is 28.8 Å². The third kappa shape index (κ3) is 7.41. The smallest absolute Gasteiger partial charge is 0.352 e. The van der Waals surface area contributed by atoms with E-state index in [0.29, 0.717) is 21.3 Å². The van der Waals surface area contributed by atoms with Crippen molar-refractivity contribution in [2.24, 2.45) is 17.9 Å². The molecule has 22 nitrogen and oxygen atoms in total. The van der Waals surface area contributed by atoms with Crippen molar-refractivity contribution in [3.8, 4) is 5.75 Å². The number of anilines is 3. The minimum atomic E-state index is -3.96. The number of thioether (sulfide) groups is 2. The molecule has 2 aliphatic heterocycles. The predicted octanol–water partition coefficient (Wildman–Crippen LogP) is -0.479. The number of aryl methyl sites for hydroxylation is 1. The Morgan fingerprint density at radius 2 is 1.87 bits per heavy atom. The largest absolute Gasteiger partial charge is 0.508 e. The number of hydrogen-bond acceptors (Lipinski definition) is 16. The van der Waals surface area contributed by atoms with Crippen molar-refractivity contribution >= 4 is 74.7 Å². The van der Waals surface area contributed by atoms with Gasteiger partial charge in [0, 0.05) is 31.4 Å². The van der Waals surface area contributed by atoms with Crippen LogP contribution in [0, 0.1) is 0 Å². The van der Waals surface area contributed by atoms with Crippen LogP contribution < -0.4 is 32.0 Å². The lowest BCUT2D eigenvalue weighted by atomic mass is 9.96. The van der Waals surface area contributed by atoms with Gasteiger partial charge in [-0.2, -0.15) is 0 Å². The number of phenols is 1. The highest BCUT2D eigenvalue weighted by molar-refractivity contribution is 8.01. The second kappa shape index (κ2) is 15.0. The van der Waals surface area contributed by atoms with Gasteiger partial charge in [0.25, 0.3) is 23.1 Å². The highest BCUT2D eigenvalue weighted by atomic mass is 32.2. The van der Waals surface area contributed by atoms with Crippen molar-refractivity contribution in [3.05, 3.63) is 81.9 Å². The van der Waals surface area contributed by atoms with Crippen LogP contribution in [0.25, 0.3) is 0 Å². The molecule has 0 saturated carbocycles. The van der Waals surface area contributed by atoms with Crippen LogP contribution in [0.4, 0.5) is 22.1 Å². The van der Waals surface area contributed by atoms with E-state index in [1.165, 1.54) is 53.2 Å². The van der Waals surface area contributed by atoms with E-state index in [-0.39, 0.29) is 39.4 Å². The molecule has 2 aliphatic rings. The van der Waals surface area contributed by atoms with E-state index in [4.69, 9.17) is 15.6 Å². The number of primary sulfonamides is 1. The number of aliphatic carboxylic acids is 1. The van der Waals surface area contributed by atoms with Crippen molar-refractivity contribution in [1.82, 2.24) is 40.4 Å². The van der Waals surface area contributed by atoms with Crippen LogP contribution in [0.5, 0.6) is 5.75 Å². The predicted molar refractivity (Wildman–Crippen MR) is 194 cm³/mol. The number of carbonyl (C=O) groups excluding carboxylic acids is 3. The zero-order valence-corrected chi connectivity index (χ0v) is 30.9. The van der Waals surface area contributed by atoms with Gasteiger partial charge < -0.3 is 31.3 Å². The molecule has 4 amide bonds. The molecular weight excluding hydrogens is 785 g/mol. The van der Waals surface area contributed by atoms with Crippen molar-refractivity contribution in [3.63, 3.8) is 0 Å². The number of nitrogens with two attached hydrogens (primary N) is 2. The summed E-state index contributed by atoms with van der Waals surface area (Å²) in [5, 5.41) is 41.1. The number of nitrogens with one attached hydrogen (secondary N) is 3. The Hall–Kier alpha value is -6.02. The Morgan fingerprint density at radius 3 is 2.44 bits per heavy atom. The van der Waals surface area contributed by atoms with E-state index in [0.717, 1.165) is 41.7 Å². The fourth-order valence-corrected chi connectivity index (χ4v) is 8.69. The Bertz CT molecular complexity index is 2390. The van der Waals surface area contributed by atoms with Crippen LogP contribution >= 0.6 is 23.5 Å². The average molecular weight is 815 g/mol. The number of aromatic amines is 1. The third-order valence-electron chi connectivity index (χ3n) is 8.34. The zero-order valence-electron chi connectivity index (χ0n) is 28.4. The Labute approximate surface area is 318 Å². The summed E-state index contributed by atoms with van der Waals surface area (Å²) in [4.78, 5) is 75.4. The normalized spacial score (nSPS) is 18.6. The number of nitrogens with zero attached hydrogens (tertiary/aromatic N) is 7. The number of primary amides is 1. The molecule has 2 aromatic heterocycles. The minimum Gasteiger partial charge on any atom is -0.508 e. The quantitative estimate of drug-likeness (QED) is 0.0509. The van der Waals surface area contributed by atoms with Crippen LogP contribution in [0.1, 0.15) is 11.6 Å². The number of hydrogen-bond donors (Lipinski definition) is 7. The highest BCUT2D eigenvalue weighted by Crippen LogP contribution is 2.47. The second-order valence-electron chi connectivity index (χ2n) is 11.7. The number of rotatable bonds is 13. The first kappa shape index (κ1) is 38.7. The molecule has 2 aromatic carbocycles. The summed E-state index contributed by atoms with van der Waals surface area (Å²) in [5.41, 5.74) is 2.59. The minimum absolute atomic E-state index is 0.0283. The molecule has 0 bridgehead atoms. The van der Waals surface area contributed by atoms with Gasteiger partial charge >= 0.3 is 12.0 Å². The summed E-state index contributed by atoms with van der Waals surface area (Å²) >= 11 is 2.28. The molecule has 6 rings (SSSR count). The number of aromatic nitrogens is 6. The van der Waals surface area contributed by atoms with Crippen LogP contribution in [0.15, 0.2) is 80.8 Å². The molecule has 0 aliphatic carbocycles. The number of β-lactam (4-membered cyclic amide) rings is 1. The Balaban J connectivity index is 1.30. The molecule has 0 radical (unpaired) electrons. The molecule has 25 heteroatoms. The molecule has 288 valence electrons. The topological polar surface area (TPSA) is 324 Å². The third-order valence-corrected chi connectivity index (χ3v) is 11.7. The Morgan fingerprint density at radius 1 is 1.18 bits per heavy atom. The number of phenolic OH excluding ortho intramolecular Hbond substituents is 1. The van der Waals surface area contributed by atoms with E-state index in [1.807, 2.05) is 0 Å². The van der Waals surface area contributed by atoms with Gasteiger partial charge in [0.05, 0.1) is 11.1 Å². The van der Waals surface area contributed by atoms with Crippen molar-refractivity contribution in [1.29, 1.82) is 0 Å². The molecule has 1 saturated heterocycles. The molecule has 3 atom stereocenters. The number of methoxy groups -OCH3 is 1. The fraction of sp³-hybridized carbons (Fsp3) is 0.233. The van der Waals surface area contributed by atoms with Gasteiger partial charge in [0.2, 0.25) is 21.1 Å². The first-order valence-corrected chi connectivity index (χ1v) is 19.1. The summed E-state index contributed by atoms with van der Waals surface area (Å²) < 4.78 is 30.2. The van der Waals surface area contributed by atoms with Crippen LogP contribution in [0.3, 0.4) is 0 Å². The summed E-state index contributed by atoms with van der Waals surface area (Å²) in [7, 11) is -1.21. The van der Waals surface area contributed by atoms with Gasteiger partial charge in [0.15, 0.2) is 0 Å². The molecule has 4 heterocycles. The lowest BCUT2D eigenvalue weighted by Gasteiger charge is -2.56. The molecular formula is C30H30N12O10S3. The van der Waals surface area contributed by atoms with Crippen molar-refractivity contribution in [2.45, 2.75) is 27.2 Å². The molecule has 1 fully saturated rings. The number of amides is 4.